The molecule has 1 rings (SSSR count). The number of rotatable bonds is 5. The van der Waals surface area contributed by atoms with Gasteiger partial charge in [-0.2, -0.15) is 0 Å². The second-order valence-electron chi connectivity index (χ2n) is 4.08. The lowest BCUT2D eigenvalue weighted by molar-refractivity contribution is -0.146. The molecule has 1 aromatic carbocycles. The van der Waals surface area contributed by atoms with Crippen LogP contribution in [-0.4, -0.2) is 20.4 Å². The van der Waals surface area contributed by atoms with Crippen LogP contribution in [0.5, 0.6) is 0 Å². The molecule has 17 heavy (non-hydrogen) atoms. The molecular formula is C12H14O2S3. The van der Waals surface area contributed by atoms with Crippen LogP contribution in [0, 0.1) is 5.41 Å². The molecule has 0 amide bonds. The summed E-state index contributed by atoms with van der Waals surface area (Å²) in [5, 5.41) is 9.33. The Bertz CT molecular complexity index is 405. The third-order valence-corrected chi connectivity index (χ3v) is 4.24. The standard InChI is InChI=1S/C12H14O2S3/c1-12(10(13)14,8-17-11(15)16)7-9-5-3-2-4-6-9/h2-6H,7-8H2,1H3,(H,13,14)(H,15,16). The molecule has 0 radical (unpaired) electrons. The first-order valence-corrected chi connectivity index (χ1v) is 6.91. The highest BCUT2D eigenvalue weighted by Crippen LogP contribution is 2.29. The fourth-order valence-corrected chi connectivity index (χ4v) is 2.49. The van der Waals surface area contributed by atoms with Gasteiger partial charge in [0.25, 0.3) is 0 Å². The van der Waals surface area contributed by atoms with Gasteiger partial charge in [-0.25, -0.2) is 0 Å². The Morgan fingerprint density at radius 2 is 2.06 bits per heavy atom. The third kappa shape index (κ3) is 4.69. The van der Waals surface area contributed by atoms with Gasteiger partial charge in [-0.1, -0.05) is 42.5 Å². The number of hydrogen-bond acceptors (Lipinski definition) is 3. The summed E-state index contributed by atoms with van der Waals surface area (Å²) in [4.78, 5) is 11.4. The summed E-state index contributed by atoms with van der Waals surface area (Å²) in [5.41, 5.74) is 0.196. The molecule has 0 heterocycles. The molecule has 0 aliphatic heterocycles. The Hall–Kier alpha value is -0.520. The first-order chi connectivity index (χ1) is 7.94. The number of carboxylic acid groups (broad SMARTS) is 1. The fourth-order valence-electron chi connectivity index (χ4n) is 1.46. The van der Waals surface area contributed by atoms with E-state index in [1.54, 1.807) is 6.92 Å². The first kappa shape index (κ1) is 14.5. The van der Waals surface area contributed by atoms with Gasteiger partial charge in [0.15, 0.2) is 0 Å². The van der Waals surface area contributed by atoms with E-state index in [-0.39, 0.29) is 0 Å². The molecule has 0 aliphatic carbocycles. The van der Waals surface area contributed by atoms with E-state index in [1.807, 2.05) is 30.3 Å². The lowest BCUT2D eigenvalue weighted by Gasteiger charge is -2.24. The predicted octanol–water partition coefficient (Wildman–Crippen LogP) is 3.27. The number of thioether (sulfide) groups is 1. The number of aliphatic carboxylic acids is 1. The van der Waals surface area contributed by atoms with Gasteiger partial charge in [-0.05, 0) is 18.9 Å². The lowest BCUT2D eigenvalue weighted by Crippen LogP contribution is -2.33. The second kappa shape index (κ2) is 6.42. The molecule has 0 saturated heterocycles. The maximum atomic E-state index is 11.4. The summed E-state index contributed by atoms with van der Waals surface area (Å²) in [6.07, 6.45) is 0.493. The van der Waals surface area contributed by atoms with E-state index in [4.69, 9.17) is 12.2 Å². The molecule has 1 atom stereocenters. The summed E-state index contributed by atoms with van der Waals surface area (Å²) in [7, 11) is 0. The predicted molar refractivity (Wildman–Crippen MR) is 79.9 cm³/mol. The van der Waals surface area contributed by atoms with Gasteiger partial charge in [0, 0.05) is 5.75 Å². The van der Waals surface area contributed by atoms with Crippen molar-refractivity contribution in [3.05, 3.63) is 35.9 Å². The monoisotopic (exact) mass is 286 g/mol. The molecule has 5 heteroatoms. The van der Waals surface area contributed by atoms with Crippen molar-refractivity contribution in [3.8, 4) is 0 Å². The van der Waals surface area contributed by atoms with E-state index in [9.17, 15) is 9.90 Å². The fraction of sp³-hybridized carbons (Fsp3) is 0.333. The van der Waals surface area contributed by atoms with E-state index in [0.29, 0.717) is 15.7 Å². The van der Waals surface area contributed by atoms with Gasteiger partial charge in [0.2, 0.25) is 0 Å². The number of thiocarbonyl (C=S) groups is 1. The number of hydrogen-bond donors (Lipinski definition) is 2. The summed E-state index contributed by atoms with van der Waals surface area (Å²) in [5.74, 6) is -0.377. The minimum absolute atomic E-state index is 0.430. The average molecular weight is 286 g/mol. The topological polar surface area (TPSA) is 37.3 Å². The number of thiol groups is 1. The highest BCUT2D eigenvalue weighted by Gasteiger charge is 2.33. The van der Waals surface area contributed by atoms with Crippen molar-refractivity contribution in [1.29, 1.82) is 0 Å². The highest BCUT2D eigenvalue weighted by atomic mass is 32.2. The van der Waals surface area contributed by atoms with Gasteiger partial charge in [-0.15, -0.1) is 24.4 Å². The second-order valence-corrected chi connectivity index (χ2v) is 6.79. The summed E-state index contributed by atoms with van der Waals surface area (Å²) in [6, 6.07) is 9.61. The van der Waals surface area contributed by atoms with Gasteiger partial charge >= 0.3 is 5.97 Å². The average Bonchev–Trinajstić information content (AvgIpc) is 2.27. The largest absolute Gasteiger partial charge is 0.481 e. The van der Waals surface area contributed by atoms with Crippen molar-refractivity contribution in [2.45, 2.75) is 13.3 Å². The van der Waals surface area contributed by atoms with Gasteiger partial charge < -0.3 is 5.11 Å². The van der Waals surface area contributed by atoms with Crippen LogP contribution in [0.1, 0.15) is 12.5 Å². The summed E-state index contributed by atoms with van der Waals surface area (Å²) in [6.45, 7) is 1.74. The molecule has 1 aromatic rings. The van der Waals surface area contributed by atoms with E-state index < -0.39 is 11.4 Å². The highest BCUT2D eigenvalue weighted by molar-refractivity contribution is 8.41. The van der Waals surface area contributed by atoms with Crippen molar-refractivity contribution in [3.63, 3.8) is 0 Å². The Morgan fingerprint density at radius 1 is 1.47 bits per heavy atom. The number of carbonyl (C=O) groups is 1. The van der Waals surface area contributed by atoms with Crippen molar-refractivity contribution in [1.82, 2.24) is 0 Å². The minimum atomic E-state index is -0.821. The van der Waals surface area contributed by atoms with Crippen LogP contribution < -0.4 is 0 Å². The van der Waals surface area contributed by atoms with Crippen LogP contribution in [0.15, 0.2) is 30.3 Å². The van der Waals surface area contributed by atoms with Crippen LogP contribution in [0.3, 0.4) is 0 Å². The van der Waals surface area contributed by atoms with E-state index in [2.05, 4.69) is 12.6 Å². The number of benzene rings is 1. The van der Waals surface area contributed by atoms with Gasteiger partial charge in [0.05, 0.1) is 5.41 Å². The van der Waals surface area contributed by atoms with E-state index >= 15 is 0 Å². The molecule has 0 bridgehead atoms. The van der Waals surface area contributed by atoms with Crippen LogP contribution in [0.25, 0.3) is 0 Å². The Kier molecular flexibility index (Phi) is 5.49. The molecule has 0 fully saturated rings. The van der Waals surface area contributed by atoms with Crippen LogP contribution in [0.2, 0.25) is 0 Å². The maximum Gasteiger partial charge on any atom is 0.310 e. The van der Waals surface area contributed by atoms with Crippen LogP contribution >= 0.6 is 36.6 Å². The zero-order chi connectivity index (χ0) is 12.9. The minimum Gasteiger partial charge on any atom is -0.481 e. The first-order valence-electron chi connectivity index (χ1n) is 5.07. The normalized spacial score (nSPS) is 14.0. The van der Waals surface area contributed by atoms with Gasteiger partial charge in [-0.3, -0.25) is 4.79 Å². The molecule has 0 spiro atoms. The van der Waals surface area contributed by atoms with Crippen LogP contribution in [0.4, 0.5) is 0 Å². The molecule has 92 valence electrons. The van der Waals surface area contributed by atoms with Crippen molar-refractivity contribution in [2.75, 3.05) is 5.75 Å². The van der Waals surface area contributed by atoms with Gasteiger partial charge in [0.1, 0.15) is 3.53 Å². The molecule has 0 saturated carbocycles. The summed E-state index contributed by atoms with van der Waals surface area (Å²) >= 11 is 10.2. The lowest BCUT2D eigenvalue weighted by atomic mass is 9.86. The maximum absolute atomic E-state index is 11.4. The van der Waals surface area contributed by atoms with Crippen molar-refractivity contribution < 1.29 is 9.90 Å². The molecule has 0 aromatic heterocycles. The third-order valence-electron chi connectivity index (χ3n) is 2.47. The smallest absolute Gasteiger partial charge is 0.310 e. The summed E-state index contributed by atoms with van der Waals surface area (Å²) < 4.78 is 0.477. The molecule has 1 unspecified atom stereocenters. The molecule has 2 nitrogen and oxygen atoms in total. The zero-order valence-corrected chi connectivity index (χ0v) is 11.9. The zero-order valence-electron chi connectivity index (χ0n) is 9.42. The van der Waals surface area contributed by atoms with E-state index in [1.165, 1.54) is 11.8 Å². The quantitative estimate of drug-likeness (QED) is 0.643. The molecular weight excluding hydrogens is 272 g/mol. The SMILES string of the molecule is CC(CSC(=S)S)(Cc1ccccc1)C(=O)O. The molecule has 1 N–H and O–H groups in total. The van der Waals surface area contributed by atoms with Crippen LogP contribution in [-0.2, 0) is 11.2 Å². The van der Waals surface area contributed by atoms with Crippen molar-refractivity contribution >= 4 is 46.1 Å². The Balaban J connectivity index is 2.78. The Morgan fingerprint density at radius 3 is 2.53 bits per heavy atom. The number of carboxylic acids is 1. The Labute approximate surface area is 116 Å². The molecule has 0 aliphatic rings. The van der Waals surface area contributed by atoms with E-state index in [0.717, 1.165) is 5.56 Å². The van der Waals surface area contributed by atoms with Crippen molar-refractivity contribution in [2.24, 2.45) is 5.41 Å².